The fourth-order valence-corrected chi connectivity index (χ4v) is 2.82. The molecular formula is C14H21N5O2. The molecule has 0 bridgehead atoms. The molecule has 0 saturated carbocycles. The van der Waals surface area contributed by atoms with Crippen molar-refractivity contribution in [3.8, 4) is 0 Å². The van der Waals surface area contributed by atoms with Gasteiger partial charge in [-0.1, -0.05) is 0 Å². The van der Waals surface area contributed by atoms with E-state index in [0.29, 0.717) is 23.3 Å². The predicted octanol–water partition coefficient (Wildman–Crippen LogP) is 0.698. The first kappa shape index (κ1) is 14.1. The number of piperazine rings is 1. The highest BCUT2D eigenvalue weighted by Gasteiger charge is 2.24. The maximum atomic E-state index is 9.90. The number of β-amino-alcohol motifs (C(OH)–C–C–N with tert-alkyl or cyclic N) is 1. The van der Waals surface area contributed by atoms with Gasteiger partial charge in [-0.15, -0.1) is 0 Å². The molecule has 3 N–H and O–H groups in total. The summed E-state index contributed by atoms with van der Waals surface area (Å²) in [6.45, 7) is 7.92. The molecule has 7 heteroatoms. The van der Waals surface area contributed by atoms with Crippen LogP contribution in [0.25, 0.3) is 11.0 Å². The summed E-state index contributed by atoms with van der Waals surface area (Å²) in [6, 6.07) is 3.80. The Labute approximate surface area is 123 Å². The Balaban J connectivity index is 1.74. The van der Waals surface area contributed by atoms with Gasteiger partial charge in [0.1, 0.15) is 0 Å². The Bertz CT molecular complexity index is 626. The molecule has 3 rings (SSSR count). The van der Waals surface area contributed by atoms with E-state index in [4.69, 9.17) is 10.4 Å². The lowest BCUT2D eigenvalue weighted by Crippen LogP contribution is -2.50. The lowest BCUT2D eigenvalue weighted by molar-refractivity contribution is 0.0345. The molecule has 2 heterocycles. The van der Waals surface area contributed by atoms with Crippen LogP contribution in [0, 0.1) is 0 Å². The van der Waals surface area contributed by atoms with E-state index in [9.17, 15) is 5.11 Å². The molecule has 0 unspecified atom stereocenters. The summed E-state index contributed by atoms with van der Waals surface area (Å²) in [5, 5.41) is 17.7. The third-order valence-corrected chi connectivity index (χ3v) is 3.75. The maximum absolute atomic E-state index is 9.90. The van der Waals surface area contributed by atoms with Crippen molar-refractivity contribution in [2.24, 2.45) is 0 Å². The highest BCUT2D eigenvalue weighted by atomic mass is 16.6. The summed E-state index contributed by atoms with van der Waals surface area (Å²) in [5.41, 5.74) is 8.13. The molecular weight excluding hydrogens is 270 g/mol. The van der Waals surface area contributed by atoms with E-state index >= 15 is 0 Å². The number of benzene rings is 1. The van der Waals surface area contributed by atoms with Crippen LogP contribution in [0.3, 0.4) is 0 Å². The van der Waals surface area contributed by atoms with Gasteiger partial charge in [0.2, 0.25) is 0 Å². The van der Waals surface area contributed by atoms with Crippen molar-refractivity contribution in [3.05, 3.63) is 12.1 Å². The second-order valence-corrected chi connectivity index (χ2v) is 6.21. The number of rotatable bonds is 3. The van der Waals surface area contributed by atoms with Gasteiger partial charge in [0, 0.05) is 32.7 Å². The first-order chi connectivity index (χ1) is 9.94. The Morgan fingerprint density at radius 3 is 2.52 bits per heavy atom. The molecule has 1 aromatic heterocycles. The Hall–Kier alpha value is -1.86. The van der Waals surface area contributed by atoms with Crippen LogP contribution in [-0.4, -0.2) is 58.6 Å². The second kappa shape index (κ2) is 5.16. The number of nitrogens with zero attached hydrogens (tertiary/aromatic N) is 4. The van der Waals surface area contributed by atoms with Crippen LogP contribution in [0.15, 0.2) is 16.8 Å². The zero-order valence-electron chi connectivity index (χ0n) is 12.4. The fourth-order valence-electron chi connectivity index (χ4n) is 2.82. The molecule has 0 radical (unpaired) electrons. The predicted molar refractivity (Wildman–Crippen MR) is 81.2 cm³/mol. The normalized spacial score (nSPS) is 17.6. The first-order valence-corrected chi connectivity index (χ1v) is 7.14. The van der Waals surface area contributed by atoms with Crippen molar-refractivity contribution < 1.29 is 9.74 Å². The van der Waals surface area contributed by atoms with Crippen LogP contribution in [-0.2, 0) is 0 Å². The van der Waals surface area contributed by atoms with Crippen molar-refractivity contribution in [1.29, 1.82) is 0 Å². The Morgan fingerprint density at radius 1 is 1.19 bits per heavy atom. The molecule has 1 aromatic carbocycles. The number of aliphatic hydroxyl groups is 1. The zero-order valence-corrected chi connectivity index (χ0v) is 12.4. The summed E-state index contributed by atoms with van der Waals surface area (Å²) >= 11 is 0. The minimum Gasteiger partial charge on any atom is -0.397 e. The highest BCUT2D eigenvalue weighted by Crippen LogP contribution is 2.29. The van der Waals surface area contributed by atoms with E-state index in [1.165, 1.54) is 0 Å². The Morgan fingerprint density at radius 2 is 1.86 bits per heavy atom. The second-order valence-electron chi connectivity index (χ2n) is 6.21. The third kappa shape index (κ3) is 2.93. The van der Waals surface area contributed by atoms with Crippen molar-refractivity contribution in [3.63, 3.8) is 0 Å². The highest BCUT2D eigenvalue weighted by molar-refractivity contribution is 5.95. The van der Waals surface area contributed by atoms with Gasteiger partial charge < -0.3 is 15.7 Å². The largest absolute Gasteiger partial charge is 0.397 e. The summed E-state index contributed by atoms with van der Waals surface area (Å²) < 4.78 is 4.81. The quantitative estimate of drug-likeness (QED) is 0.804. The van der Waals surface area contributed by atoms with Crippen molar-refractivity contribution in [2.75, 3.05) is 43.4 Å². The molecule has 1 aliphatic rings. The smallest absolute Gasteiger partial charge is 0.160 e. The number of hydrogen-bond donors (Lipinski definition) is 2. The van der Waals surface area contributed by atoms with Crippen LogP contribution >= 0.6 is 0 Å². The van der Waals surface area contributed by atoms with Gasteiger partial charge in [-0.25, -0.2) is 4.63 Å². The first-order valence-electron chi connectivity index (χ1n) is 7.14. The van der Waals surface area contributed by atoms with Crippen LogP contribution in [0.5, 0.6) is 0 Å². The number of nitrogens with two attached hydrogens (primary N) is 1. The van der Waals surface area contributed by atoms with Gasteiger partial charge in [0.25, 0.3) is 0 Å². The van der Waals surface area contributed by atoms with E-state index in [1.807, 2.05) is 26.0 Å². The molecule has 0 aliphatic carbocycles. The molecule has 21 heavy (non-hydrogen) atoms. The van der Waals surface area contributed by atoms with Crippen LogP contribution in [0.1, 0.15) is 13.8 Å². The van der Waals surface area contributed by atoms with Crippen LogP contribution in [0.4, 0.5) is 11.4 Å². The number of hydrogen-bond acceptors (Lipinski definition) is 7. The van der Waals surface area contributed by atoms with E-state index in [-0.39, 0.29) is 0 Å². The average molecular weight is 291 g/mol. The molecule has 1 aliphatic heterocycles. The van der Waals surface area contributed by atoms with Gasteiger partial charge in [-0.05, 0) is 36.3 Å². The molecule has 2 aromatic rings. The third-order valence-electron chi connectivity index (χ3n) is 3.75. The van der Waals surface area contributed by atoms with Gasteiger partial charge >= 0.3 is 0 Å². The molecule has 7 nitrogen and oxygen atoms in total. The van der Waals surface area contributed by atoms with Crippen molar-refractivity contribution in [1.82, 2.24) is 15.2 Å². The standard InChI is InChI=1S/C14H21N5O2/c1-14(2,20)9-18-5-7-19(8-6-18)11-4-3-10(15)12-13(11)17-21-16-12/h3-4,20H,5-9,15H2,1-2H3. The average Bonchev–Trinajstić information content (AvgIpc) is 2.89. The van der Waals surface area contributed by atoms with E-state index in [1.54, 1.807) is 0 Å². The number of nitrogen functional groups attached to an aromatic ring is 1. The molecule has 0 atom stereocenters. The van der Waals surface area contributed by atoms with Gasteiger partial charge in [-0.2, -0.15) is 0 Å². The molecule has 1 fully saturated rings. The number of aromatic nitrogens is 2. The SMILES string of the molecule is CC(C)(O)CN1CCN(c2ccc(N)c3nonc23)CC1. The van der Waals surface area contributed by atoms with Gasteiger partial charge in [0.15, 0.2) is 11.0 Å². The van der Waals surface area contributed by atoms with E-state index in [0.717, 1.165) is 31.9 Å². The van der Waals surface area contributed by atoms with Crippen LogP contribution < -0.4 is 10.6 Å². The summed E-state index contributed by atoms with van der Waals surface area (Å²) in [7, 11) is 0. The van der Waals surface area contributed by atoms with Crippen molar-refractivity contribution in [2.45, 2.75) is 19.4 Å². The van der Waals surface area contributed by atoms with Gasteiger partial charge in [-0.3, -0.25) is 4.90 Å². The summed E-state index contributed by atoms with van der Waals surface area (Å²) in [6.07, 6.45) is 0. The topological polar surface area (TPSA) is 91.7 Å². The monoisotopic (exact) mass is 291 g/mol. The fraction of sp³-hybridized carbons (Fsp3) is 0.571. The minimum atomic E-state index is -0.660. The summed E-state index contributed by atoms with van der Waals surface area (Å²) in [4.78, 5) is 4.53. The summed E-state index contributed by atoms with van der Waals surface area (Å²) in [5.74, 6) is 0. The van der Waals surface area contributed by atoms with Gasteiger partial charge in [0.05, 0.1) is 17.0 Å². The zero-order chi connectivity index (χ0) is 15.0. The molecule has 0 amide bonds. The minimum absolute atomic E-state index is 0.579. The maximum Gasteiger partial charge on any atom is 0.160 e. The van der Waals surface area contributed by atoms with Crippen molar-refractivity contribution >= 4 is 22.4 Å². The molecule has 0 spiro atoms. The Kier molecular flexibility index (Phi) is 3.46. The van der Waals surface area contributed by atoms with E-state index < -0.39 is 5.60 Å². The van der Waals surface area contributed by atoms with Crippen LogP contribution in [0.2, 0.25) is 0 Å². The number of fused-ring (bicyclic) bond motifs is 1. The lowest BCUT2D eigenvalue weighted by Gasteiger charge is -2.38. The lowest BCUT2D eigenvalue weighted by atomic mass is 10.1. The molecule has 1 saturated heterocycles. The van der Waals surface area contributed by atoms with E-state index in [2.05, 4.69) is 20.1 Å². The number of anilines is 2. The molecule has 114 valence electrons.